The molecule has 0 bridgehead atoms. The van der Waals surface area contributed by atoms with Crippen molar-refractivity contribution in [3.8, 4) is 5.69 Å². The average Bonchev–Trinajstić information content (AvgIpc) is 3.51. The van der Waals surface area contributed by atoms with Crippen molar-refractivity contribution in [3.05, 3.63) is 82.9 Å². The highest BCUT2D eigenvalue weighted by molar-refractivity contribution is 9.10. The van der Waals surface area contributed by atoms with E-state index in [4.69, 9.17) is 17.0 Å². The lowest BCUT2D eigenvalue weighted by molar-refractivity contribution is 0.0836. The molecule has 30 heavy (non-hydrogen) atoms. The minimum absolute atomic E-state index is 0.0234. The quantitative estimate of drug-likeness (QED) is 0.529. The van der Waals surface area contributed by atoms with Crippen LogP contribution in [0.5, 0.6) is 0 Å². The van der Waals surface area contributed by atoms with Gasteiger partial charge in [-0.3, -0.25) is 4.98 Å². The van der Waals surface area contributed by atoms with Crippen LogP contribution >= 0.6 is 28.1 Å². The summed E-state index contributed by atoms with van der Waals surface area (Å²) in [5.74, 6) is 0. The summed E-state index contributed by atoms with van der Waals surface area (Å²) in [7, 11) is 0. The molecule has 2 aliphatic rings. The van der Waals surface area contributed by atoms with E-state index in [1.807, 2.05) is 18.3 Å². The number of ether oxygens (including phenoxy) is 1. The van der Waals surface area contributed by atoms with Crippen LogP contribution in [0, 0.1) is 0 Å². The maximum absolute atomic E-state index is 5.94. The number of nitrogens with one attached hydrogen (secondary N) is 1. The van der Waals surface area contributed by atoms with Crippen molar-refractivity contribution in [1.29, 1.82) is 0 Å². The molecule has 5 nitrogen and oxygen atoms in total. The molecule has 0 aliphatic carbocycles. The first-order valence-corrected chi connectivity index (χ1v) is 11.4. The Morgan fingerprint density at radius 1 is 1.13 bits per heavy atom. The minimum Gasteiger partial charge on any atom is -0.376 e. The van der Waals surface area contributed by atoms with Crippen LogP contribution in [-0.4, -0.2) is 38.8 Å². The Kier molecular flexibility index (Phi) is 5.58. The third-order valence-corrected chi connectivity index (χ3v) is 6.69. The third-order valence-electron chi connectivity index (χ3n) is 5.81. The number of nitrogens with zero attached hydrogens (tertiary/aromatic N) is 3. The molecule has 0 saturated carbocycles. The van der Waals surface area contributed by atoms with E-state index < -0.39 is 0 Å². The molecule has 0 amide bonds. The smallest absolute Gasteiger partial charge is 0.170 e. The maximum atomic E-state index is 5.94. The monoisotopic (exact) mass is 482 g/mol. The molecular formula is C23H23BrN4OS. The number of thiocarbonyl (C=S) groups is 1. The molecule has 154 valence electrons. The second kappa shape index (κ2) is 8.49. The van der Waals surface area contributed by atoms with E-state index in [-0.39, 0.29) is 18.2 Å². The van der Waals surface area contributed by atoms with Gasteiger partial charge in [-0.1, -0.05) is 22.0 Å². The highest BCUT2D eigenvalue weighted by Crippen LogP contribution is 2.40. The minimum atomic E-state index is -0.0239. The first-order valence-electron chi connectivity index (χ1n) is 10.2. The van der Waals surface area contributed by atoms with E-state index in [0.29, 0.717) is 0 Å². The molecule has 1 aromatic carbocycles. The Labute approximate surface area is 190 Å². The Hall–Kier alpha value is -2.22. The van der Waals surface area contributed by atoms with Crippen molar-refractivity contribution in [2.45, 2.75) is 31.0 Å². The molecule has 7 heteroatoms. The number of hydrogen-bond acceptors (Lipinski definition) is 3. The van der Waals surface area contributed by atoms with Crippen LogP contribution in [0.25, 0.3) is 5.69 Å². The van der Waals surface area contributed by atoms with Crippen LogP contribution in [0.1, 0.15) is 36.3 Å². The van der Waals surface area contributed by atoms with E-state index in [2.05, 4.69) is 84.4 Å². The highest BCUT2D eigenvalue weighted by atomic mass is 79.9. The molecule has 4 heterocycles. The Balaban J connectivity index is 1.56. The van der Waals surface area contributed by atoms with Crippen LogP contribution < -0.4 is 5.32 Å². The number of hydrogen-bond donors (Lipinski definition) is 1. The predicted octanol–water partition coefficient (Wildman–Crippen LogP) is 4.79. The SMILES string of the molecule is S=C1N[C@@H](c2ccccn2)[C@@H](c2cccn2-c2ccc(Br)cc2)N1C[C@@H]1CCCO1. The molecule has 5 rings (SSSR count). The van der Waals surface area contributed by atoms with Crippen molar-refractivity contribution in [2.24, 2.45) is 0 Å². The molecule has 3 aromatic rings. The van der Waals surface area contributed by atoms with Gasteiger partial charge in [-0.25, -0.2) is 0 Å². The normalized spacial score (nSPS) is 23.7. The molecule has 2 aromatic heterocycles. The fraction of sp³-hybridized carbons (Fsp3) is 0.304. The zero-order valence-electron chi connectivity index (χ0n) is 16.4. The van der Waals surface area contributed by atoms with Crippen LogP contribution in [0.4, 0.5) is 0 Å². The number of benzene rings is 1. The van der Waals surface area contributed by atoms with Crippen LogP contribution in [0.3, 0.4) is 0 Å². The summed E-state index contributed by atoms with van der Waals surface area (Å²) in [6.07, 6.45) is 6.36. The van der Waals surface area contributed by atoms with Crippen molar-refractivity contribution >= 4 is 33.3 Å². The van der Waals surface area contributed by atoms with Gasteiger partial charge in [-0.15, -0.1) is 0 Å². The van der Waals surface area contributed by atoms with E-state index in [1.165, 1.54) is 5.69 Å². The number of aromatic nitrogens is 2. The van der Waals surface area contributed by atoms with E-state index in [9.17, 15) is 0 Å². The molecule has 0 unspecified atom stereocenters. The first kappa shape index (κ1) is 19.7. The van der Waals surface area contributed by atoms with Gasteiger partial charge in [0.15, 0.2) is 5.11 Å². The zero-order valence-corrected chi connectivity index (χ0v) is 18.8. The van der Waals surface area contributed by atoms with Gasteiger partial charge in [0, 0.05) is 41.4 Å². The topological polar surface area (TPSA) is 42.3 Å². The summed E-state index contributed by atoms with van der Waals surface area (Å²) in [6.45, 7) is 1.62. The largest absolute Gasteiger partial charge is 0.376 e. The number of pyridine rings is 1. The van der Waals surface area contributed by atoms with Crippen LogP contribution in [-0.2, 0) is 4.74 Å². The van der Waals surface area contributed by atoms with Gasteiger partial charge in [0.25, 0.3) is 0 Å². The van der Waals surface area contributed by atoms with Crippen LogP contribution in [0.15, 0.2) is 71.5 Å². The van der Waals surface area contributed by atoms with Crippen molar-refractivity contribution in [1.82, 2.24) is 19.8 Å². The molecule has 0 spiro atoms. The first-order chi connectivity index (χ1) is 14.7. The molecular weight excluding hydrogens is 460 g/mol. The van der Waals surface area contributed by atoms with Gasteiger partial charge < -0.3 is 19.5 Å². The average molecular weight is 483 g/mol. The molecule has 0 radical (unpaired) electrons. The van der Waals surface area contributed by atoms with Crippen LogP contribution in [0.2, 0.25) is 0 Å². The predicted molar refractivity (Wildman–Crippen MR) is 125 cm³/mol. The second-order valence-corrected chi connectivity index (χ2v) is 9.00. The maximum Gasteiger partial charge on any atom is 0.170 e. The summed E-state index contributed by atoms with van der Waals surface area (Å²) in [6, 6.07) is 18.7. The highest BCUT2D eigenvalue weighted by Gasteiger charge is 2.42. The Morgan fingerprint density at radius 2 is 2.00 bits per heavy atom. The van der Waals surface area contributed by atoms with Gasteiger partial charge in [-0.05, 0) is 73.6 Å². The van der Waals surface area contributed by atoms with Crippen molar-refractivity contribution in [3.63, 3.8) is 0 Å². The summed E-state index contributed by atoms with van der Waals surface area (Å²) >= 11 is 9.33. The third kappa shape index (κ3) is 3.77. The number of halogens is 1. The standard InChI is InChI=1S/C23H23BrN4OS/c24-16-8-10-17(11-9-16)27-13-3-7-20(27)22-21(19-6-1-2-12-25-19)26-23(30)28(22)15-18-5-4-14-29-18/h1-3,6-13,18,21-22H,4-5,14-15H2,(H,26,30)/t18-,21-,22+/m0/s1. The second-order valence-electron chi connectivity index (χ2n) is 7.69. The molecule has 1 N–H and O–H groups in total. The fourth-order valence-electron chi connectivity index (χ4n) is 4.40. The molecule has 2 fully saturated rings. The van der Waals surface area contributed by atoms with E-state index in [1.54, 1.807) is 0 Å². The lowest BCUT2D eigenvalue weighted by atomic mass is 10.0. The van der Waals surface area contributed by atoms with Gasteiger partial charge in [0.1, 0.15) is 0 Å². The zero-order chi connectivity index (χ0) is 20.5. The molecule has 3 atom stereocenters. The summed E-state index contributed by atoms with van der Waals surface area (Å²) in [4.78, 5) is 6.93. The number of rotatable bonds is 5. The van der Waals surface area contributed by atoms with E-state index in [0.717, 1.165) is 47.0 Å². The summed E-state index contributed by atoms with van der Waals surface area (Å²) in [5, 5.41) is 4.30. The van der Waals surface area contributed by atoms with Gasteiger partial charge in [0.2, 0.25) is 0 Å². The molecule has 2 saturated heterocycles. The van der Waals surface area contributed by atoms with Crippen molar-refractivity contribution in [2.75, 3.05) is 13.2 Å². The Morgan fingerprint density at radius 3 is 2.73 bits per heavy atom. The summed E-state index contributed by atoms with van der Waals surface area (Å²) in [5.41, 5.74) is 3.29. The lowest BCUT2D eigenvalue weighted by Gasteiger charge is -2.30. The van der Waals surface area contributed by atoms with Gasteiger partial charge in [-0.2, -0.15) is 0 Å². The fourth-order valence-corrected chi connectivity index (χ4v) is 4.98. The van der Waals surface area contributed by atoms with Crippen molar-refractivity contribution < 1.29 is 4.74 Å². The lowest BCUT2D eigenvalue weighted by Crippen LogP contribution is -2.36. The van der Waals surface area contributed by atoms with Gasteiger partial charge >= 0.3 is 0 Å². The molecule has 2 aliphatic heterocycles. The van der Waals surface area contributed by atoms with Gasteiger partial charge in [0.05, 0.1) is 23.9 Å². The Bertz CT molecular complexity index is 1020. The van der Waals surface area contributed by atoms with E-state index >= 15 is 0 Å². The summed E-state index contributed by atoms with van der Waals surface area (Å²) < 4.78 is 9.25.